The number of fused-ring (bicyclic) bond motifs is 1. The smallest absolute Gasteiger partial charge is 0.154 e. The normalized spacial score (nSPS) is 11.8. The van der Waals surface area contributed by atoms with Gasteiger partial charge in [-0.05, 0) is 29.2 Å². The minimum Gasteiger partial charge on any atom is -0.455 e. The molecule has 0 saturated carbocycles. The Kier molecular flexibility index (Phi) is 2.93. The minimum absolute atomic E-state index is 0.0619. The Hall–Kier alpha value is -2.36. The number of pyridine rings is 2. The van der Waals surface area contributed by atoms with E-state index in [4.69, 9.17) is 4.74 Å². The van der Waals surface area contributed by atoms with Crippen molar-refractivity contribution in [3.63, 3.8) is 0 Å². The molecule has 1 N–H and O–H groups in total. The Morgan fingerprint density at radius 3 is 2.60 bits per heavy atom. The monoisotopic (exact) mass is 267 g/mol. The number of hydrogen-bond acceptors (Lipinski definition) is 3. The molecule has 4 heteroatoms. The number of nitrogens with one attached hydrogen (secondary N) is 1. The van der Waals surface area contributed by atoms with Crippen molar-refractivity contribution < 1.29 is 4.74 Å². The fraction of sp³-hybridized carbons (Fsp3) is 0.250. The molecule has 0 aliphatic rings. The first-order valence-electron chi connectivity index (χ1n) is 6.59. The number of rotatable bonds is 2. The van der Waals surface area contributed by atoms with E-state index in [2.05, 4.69) is 41.8 Å². The maximum atomic E-state index is 5.89. The van der Waals surface area contributed by atoms with Crippen LogP contribution in [0.2, 0.25) is 0 Å². The Labute approximate surface area is 117 Å². The molecule has 0 aromatic carbocycles. The lowest BCUT2D eigenvalue weighted by Gasteiger charge is -2.18. The molecule has 0 aliphatic carbocycles. The highest BCUT2D eigenvalue weighted by atomic mass is 16.5. The van der Waals surface area contributed by atoms with E-state index in [1.54, 1.807) is 12.4 Å². The molecule has 3 aromatic rings. The third-order valence-corrected chi connectivity index (χ3v) is 3.24. The first kappa shape index (κ1) is 12.7. The second-order valence-electron chi connectivity index (χ2n) is 5.81. The van der Waals surface area contributed by atoms with Crippen LogP contribution in [-0.2, 0) is 5.41 Å². The van der Waals surface area contributed by atoms with Crippen LogP contribution < -0.4 is 4.74 Å². The van der Waals surface area contributed by atoms with Gasteiger partial charge in [0.1, 0.15) is 11.4 Å². The van der Waals surface area contributed by atoms with Crippen LogP contribution in [-0.4, -0.2) is 15.0 Å². The van der Waals surface area contributed by atoms with Crippen molar-refractivity contribution in [3.8, 4) is 11.5 Å². The lowest BCUT2D eigenvalue weighted by Crippen LogP contribution is -2.11. The topological polar surface area (TPSA) is 50.8 Å². The summed E-state index contributed by atoms with van der Waals surface area (Å²) in [7, 11) is 0. The van der Waals surface area contributed by atoms with Gasteiger partial charge >= 0.3 is 0 Å². The zero-order chi connectivity index (χ0) is 14.2. The second kappa shape index (κ2) is 4.63. The molecule has 3 heterocycles. The highest BCUT2D eigenvalue weighted by Gasteiger charge is 2.16. The van der Waals surface area contributed by atoms with Crippen LogP contribution in [0, 0.1) is 0 Å². The van der Waals surface area contributed by atoms with E-state index < -0.39 is 0 Å². The summed E-state index contributed by atoms with van der Waals surface area (Å²) in [4.78, 5) is 11.6. The molecule has 0 aliphatic heterocycles. The number of H-pyrrole nitrogens is 1. The molecule has 0 bridgehead atoms. The highest BCUT2D eigenvalue weighted by molar-refractivity contribution is 5.84. The third-order valence-electron chi connectivity index (χ3n) is 3.24. The van der Waals surface area contributed by atoms with Crippen molar-refractivity contribution in [2.24, 2.45) is 0 Å². The van der Waals surface area contributed by atoms with Crippen LogP contribution in [0.25, 0.3) is 11.0 Å². The van der Waals surface area contributed by atoms with Gasteiger partial charge in [0, 0.05) is 24.8 Å². The standard InChI is InChI=1S/C16H17N3O/c1-16(2,3)11-8-13-14(10-19-15(13)18-9-11)20-12-4-6-17-7-5-12/h4-10H,1-3H3,(H,18,19). The summed E-state index contributed by atoms with van der Waals surface area (Å²) in [5.41, 5.74) is 2.08. The minimum atomic E-state index is 0.0619. The zero-order valence-corrected chi connectivity index (χ0v) is 11.8. The Balaban J connectivity index is 2.03. The van der Waals surface area contributed by atoms with Crippen molar-refractivity contribution in [3.05, 3.63) is 48.5 Å². The predicted molar refractivity (Wildman–Crippen MR) is 79.1 cm³/mol. The second-order valence-corrected chi connectivity index (χ2v) is 5.81. The summed E-state index contributed by atoms with van der Waals surface area (Å²) in [6.07, 6.45) is 7.17. The average molecular weight is 267 g/mol. The van der Waals surface area contributed by atoms with Gasteiger partial charge in [0.05, 0.1) is 5.39 Å². The lowest BCUT2D eigenvalue weighted by atomic mass is 9.88. The van der Waals surface area contributed by atoms with Crippen molar-refractivity contribution >= 4 is 11.0 Å². The largest absolute Gasteiger partial charge is 0.455 e. The van der Waals surface area contributed by atoms with Crippen molar-refractivity contribution in [1.82, 2.24) is 15.0 Å². The van der Waals surface area contributed by atoms with Gasteiger partial charge in [-0.3, -0.25) is 4.98 Å². The van der Waals surface area contributed by atoms with E-state index in [9.17, 15) is 0 Å². The molecule has 3 rings (SSSR count). The summed E-state index contributed by atoms with van der Waals surface area (Å²) in [6, 6.07) is 5.80. The van der Waals surface area contributed by atoms with Crippen molar-refractivity contribution in [2.45, 2.75) is 26.2 Å². The number of ether oxygens (including phenoxy) is 1. The molecule has 0 atom stereocenters. The number of nitrogens with zero attached hydrogens (tertiary/aromatic N) is 2. The van der Waals surface area contributed by atoms with Crippen LogP contribution in [0.3, 0.4) is 0 Å². The van der Waals surface area contributed by atoms with Crippen LogP contribution in [0.15, 0.2) is 43.0 Å². The van der Waals surface area contributed by atoms with Gasteiger partial charge < -0.3 is 9.72 Å². The van der Waals surface area contributed by atoms with Crippen LogP contribution in [0.1, 0.15) is 26.3 Å². The van der Waals surface area contributed by atoms with E-state index in [1.807, 2.05) is 24.5 Å². The molecule has 0 spiro atoms. The summed E-state index contributed by atoms with van der Waals surface area (Å²) < 4.78 is 5.89. The van der Waals surface area contributed by atoms with Gasteiger partial charge in [0.25, 0.3) is 0 Å². The number of hydrogen-bond donors (Lipinski definition) is 1. The van der Waals surface area contributed by atoms with E-state index in [-0.39, 0.29) is 5.41 Å². The van der Waals surface area contributed by atoms with Gasteiger partial charge in [-0.1, -0.05) is 20.8 Å². The molecule has 20 heavy (non-hydrogen) atoms. The van der Waals surface area contributed by atoms with Crippen LogP contribution >= 0.6 is 0 Å². The van der Waals surface area contributed by atoms with Gasteiger partial charge in [-0.25, -0.2) is 4.98 Å². The molecule has 0 amide bonds. The van der Waals surface area contributed by atoms with E-state index in [1.165, 1.54) is 5.56 Å². The number of aromatic amines is 1. The first-order valence-corrected chi connectivity index (χ1v) is 6.59. The molecule has 4 nitrogen and oxygen atoms in total. The summed E-state index contributed by atoms with van der Waals surface area (Å²) in [5.74, 6) is 1.55. The van der Waals surface area contributed by atoms with Gasteiger partial charge in [-0.15, -0.1) is 0 Å². The van der Waals surface area contributed by atoms with E-state index in [0.717, 1.165) is 22.5 Å². The summed E-state index contributed by atoms with van der Waals surface area (Å²) in [6.45, 7) is 6.52. The SMILES string of the molecule is CC(C)(C)c1cnc2[nH]cc(Oc3ccncc3)c2c1. The van der Waals surface area contributed by atoms with Crippen LogP contribution in [0.4, 0.5) is 0 Å². The van der Waals surface area contributed by atoms with Gasteiger partial charge in [0.15, 0.2) is 5.75 Å². The van der Waals surface area contributed by atoms with Gasteiger partial charge in [-0.2, -0.15) is 0 Å². The lowest BCUT2D eigenvalue weighted by molar-refractivity contribution is 0.487. The third kappa shape index (κ3) is 2.37. The molecule has 3 aromatic heterocycles. The maximum Gasteiger partial charge on any atom is 0.154 e. The van der Waals surface area contributed by atoms with Crippen LogP contribution in [0.5, 0.6) is 11.5 Å². The Morgan fingerprint density at radius 2 is 1.90 bits per heavy atom. The Morgan fingerprint density at radius 1 is 1.15 bits per heavy atom. The summed E-state index contributed by atoms with van der Waals surface area (Å²) >= 11 is 0. The highest BCUT2D eigenvalue weighted by Crippen LogP contribution is 2.32. The van der Waals surface area contributed by atoms with E-state index in [0.29, 0.717) is 0 Å². The van der Waals surface area contributed by atoms with Crippen molar-refractivity contribution in [2.75, 3.05) is 0 Å². The molecule has 0 saturated heterocycles. The summed E-state index contributed by atoms with van der Waals surface area (Å²) in [5, 5.41) is 0.995. The maximum absolute atomic E-state index is 5.89. The Bertz CT molecular complexity index is 726. The molecule has 0 radical (unpaired) electrons. The van der Waals surface area contributed by atoms with Gasteiger partial charge in [0.2, 0.25) is 0 Å². The fourth-order valence-corrected chi connectivity index (χ4v) is 2.01. The van der Waals surface area contributed by atoms with E-state index >= 15 is 0 Å². The molecular weight excluding hydrogens is 250 g/mol. The quantitative estimate of drug-likeness (QED) is 0.762. The fourth-order valence-electron chi connectivity index (χ4n) is 2.01. The molecule has 0 fully saturated rings. The number of aromatic nitrogens is 3. The zero-order valence-electron chi connectivity index (χ0n) is 11.8. The molecular formula is C16H17N3O. The average Bonchev–Trinajstić information content (AvgIpc) is 2.82. The molecule has 0 unspecified atom stereocenters. The van der Waals surface area contributed by atoms with Crippen molar-refractivity contribution in [1.29, 1.82) is 0 Å². The molecule has 102 valence electrons. The predicted octanol–water partition coefficient (Wildman–Crippen LogP) is 4.05. The first-order chi connectivity index (χ1) is 9.54.